The maximum Gasteiger partial charge on any atom is 0.379 e. The van der Waals surface area contributed by atoms with E-state index < -0.39 is 11.9 Å². The number of hydrogen-bond acceptors (Lipinski definition) is 6. The summed E-state index contributed by atoms with van der Waals surface area (Å²) in [4.78, 5) is 24.3. The zero-order valence-electron chi connectivity index (χ0n) is 14.9. The van der Waals surface area contributed by atoms with E-state index in [0.717, 1.165) is 19.3 Å². The third-order valence-electron chi connectivity index (χ3n) is 3.84. The van der Waals surface area contributed by atoms with Crippen molar-refractivity contribution >= 4 is 11.9 Å². The van der Waals surface area contributed by atoms with E-state index in [-0.39, 0.29) is 29.4 Å². The summed E-state index contributed by atoms with van der Waals surface area (Å²) in [6.07, 6.45) is 7.82. The van der Waals surface area contributed by atoms with Gasteiger partial charge in [-0.2, -0.15) is 0 Å². The van der Waals surface area contributed by atoms with Gasteiger partial charge in [-0.15, -0.1) is 0 Å². The van der Waals surface area contributed by atoms with Gasteiger partial charge in [0.1, 0.15) is 17.1 Å². The highest BCUT2D eigenvalue weighted by molar-refractivity contribution is 5.95. The molecule has 0 unspecified atom stereocenters. The van der Waals surface area contributed by atoms with Crippen LogP contribution in [0.15, 0.2) is 41.0 Å². The lowest BCUT2D eigenvalue weighted by molar-refractivity contribution is 0.0491. The number of rotatable bonds is 10. The highest BCUT2D eigenvalue weighted by Crippen LogP contribution is 2.25. The summed E-state index contributed by atoms with van der Waals surface area (Å²) >= 11 is 0. The van der Waals surface area contributed by atoms with E-state index >= 15 is 0 Å². The first kappa shape index (κ1) is 19.6. The molecule has 1 aromatic heterocycles. The molecule has 140 valence electrons. The molecule has 0 aliphatic rings. The number of phenolic OH excluding ortho intramolecular Hbond substituents is 1. The lowest BCUT2D eigenvalue weighted by atomic mass is 10.1. The Morgan fingerprint density at radius 1 is 1.04 bits per heavy atom. The molecule has 6 heteroatoms. The fourth-order valence-corrected chi connectivity index (χ4v) is 2.44. The molecule has 0 aliphatic heterocycles. The van der Waals surface area contributed by atoms with Gasteiger partial charge in [0.2, 0.25) is 5.76 Å². The van der Waals surface area contributed by atoms with Crippen molar-refractivity contribution in [1.82, 2.24) is 0 Å². The summed E-state index contributed by atoms with van der Waals surface area (Å²) < 4.78 is 15.4. The highest BCUT2D eigenvalue weighted by Gasteiger charge is 2.19. The zero-order valence-corrected chi connectivity index (χ0v) is 14.9. The first-order chi connectivity index (χ1) is 12.6. The Hall–Kier alpha value is -2.76. The molecule has 0 saturated carbocycles. The fraction of sp³-hybridized carbons (Fsp3) is 0.400. The Balaban J connectivity index is 1.91. The van der Waals surface area contributed by atoms with Crippen molar-refractivity contribution in [1.29, 1.82) is 0 Å². The van der Waals surface area contributed by atoms with Gasteiger partial charge in [-0.3, -0.25) is 0 Å². The summed E-state index contributed by atoms with van der Waals surface area (Å²) in [6, 6.07) is 6.91. The minimum atomic E-state index is -0.731. The molecule has 1 N–H and O–H groups in total. The first-order valence-electron chi connectivity index (χ1n) is 8.87. The molecule has 0 radical (unpaired) electrons. The molecule has 1 heterocycles. The van der Waals surface area contributed by atoms with Gasteiger partial charge in [0, 0.05) is 0 Å². The van der Waals surface area contributed by atoms with Gasteiger partial charge in [-0.1, -0.05) is 39.0 Å². The number of hydrogen-bond donors (Lipinski definition) is 1. The second-order valence-electron chi connectivity index (χ2n) is 5.95. The Labute approximate surface area is 152 Å². The zero-order chi connectivity index (χ0) is 18.8. The summed E-state index contributed by atoms with van der Waals surface area (Å²) in [5.41, 5.74) is -0.00381. The Bertz CT molecular complexity index is 705. The molecule has 2 aromatic rings. The van der Waals surface area contributed by atoms with E-state index in [1.807, 2.05) is 0 Å². The molecule has 0 amide bonds. The van der Waals surface area contributed by atoms with Crippen LogP contribution in [0.5, 0.6) is 11.5 Å². The van der Waals surface area contributed by atoms with E-state index in [4.69, 9.17) is 13.9 Å². The lowest BCUT2D eigenvalue weighted by Gasteiger charge is -2.10. The molecule has 0 atom stereocenters. The van der Waals surface area contributed by atoms with Gasteiger partial charge in [0.05, 0.1) is 12.9 Å². The Kier molecular flexibility index (Phi) is 7.74. The smallest absolute Gasteiger partial charge is 0.379 e. The standard InChI is InChI=1S/C20H24O6/c1-2-3-4-5-6-7-12-25-19(22)16-14-15(21)10-11-17(16)26-20(23)18-9-8-13-24-18/h8-11,13-14,21H,2-7,12H2,1H3. The molecule has 0 aliphatic carbocycles. The number of aromatic hydroxyl groups is 1. The largest absolute Gasteiger partial charge is 0.508 e. The van der Waals surface area contributed by atoms with E-state index in [1.165, 1.54) is 49.8 Å². The highest BCUT2D eigenvalue weighted by atomic mass is 16.6. The SMILES string of the molecule is CCCCCCCCOC(=O)c1cc(O)ccc1OC(=O)c1ccco1. The molecule has 0 fully saturated rings. The van der Waals surface area contributed by atoms with Crippen LogP contribution in [0.1, 0.15) is 66.4 Å². The number of esters is 2. The molecule has 0 bridgehead atoms. The van der Waals surface area contributed by atoms with Crippen molar-refractivity contribution in [2.24, 2.45) is 0 Å². The average Bonchev–Trinajstić information content (AvgIpc) is 3.17. The van der Waals surface area contributed by atoms with Crippen molar-refractivity contribution in [2.45, 2.75) is 45.4 Å². The fourth-order valence-electron chi connectivity index (χ4n) is 2.44. The van der Waals surface area contributed by atoms with Crippen molar-refractivity contribution < 1.29 is 28.6 Å². The van der Waals surface area contributed by atoms with Crippen molar-refractivity contribution in [3.63, 3.8) is 0 Å². The summed E-state index contributed by atoms with van der Waals surface area (Å²) in [5.74, 6) is -1.46. The van der Waals surface area contributed by atoms with Crippen LogP contribution in [0.25, 0.3) is 0 Å². The van der Waals surface area contributed by atoms with Crippen LogP contribution in [-0.2, 0) is 4.74 Å². The van der Waals surface area contributed by atoms with Gasteiger partial charge in [-0.05, 0) is 36.8 Å². The third kappa shape index (κ3) is 5.95. The Morgan fingerprint density at radius 2 is 1.81 bits per heavy atom. The van der Waals surface area contributed by atoms with E-state index in [0.29, 0.717) is 0 Å². The van der Waals surface area contributed by atoms with Gasteiger partial charge < -0.3 is 19.0 Å². The summed E-state index contributed by atoms with van der Waals surface area (Å²) in [5, 5.41) is 9.63. The predicted octanol–water partition coefficient (Wildman–Crippen LogP) is 4.72. The third-order valence-corrected chi connectivity index (χ3v) is 3.84. The second-order valence-corrected chi connectivity index (χ2v) is 5.95. The van der Waals surface area contributed by atoms with E-state index in [2.05, 4.69) is 6.92 Å². The van der Waals surface area contributed by atoms with Gasteiger partial charge in [0.25, 0.3) is 0 Å². The van der Waals surface area contributed by atoms with Crippen molar-refractivity contribution in [2.75, 3.05) is 6.61 Å². The lowest BCUT2D eigenvalue weighted by Crippen LogP contribution is -2.13. The topological polar surface area (TPSA) is 86.0 Å². The monoisotopic (exact) mass is 360 g/mol. The van der Waals surface area contributed by atoms with Gasteiger partial charge in [-0.25, -0.2) is 9.59 Å². The molecular weight excluding hydrogens is 336 g/mol. The van der Waals surface area contributed by atoms with Crippen molar-refractivity contribution in [3.8, 4) is 11.5 Å². The molecule has 0 spiro atoms. The number of carbonyl (C=O) groups is 2. The Morgan fingerprint density at radius 3 is 2.54 bits per heavy atom. The van der Waals surface area contributed by atoms with Crippen LogP contribution in [0.3, 0.4) is 0 Å². The van der Waals surface area contributed by atoms with Crippen LogP contribution in [0.4, 0.5) is 0 Å². The predicted molar refractivity (Wildman–Crippen MR) is 95.4 cm³/mol. The van der Waals surface area contributed by atoms with E-state index in [9.17, 15) is 14.7 Å². The minimum Gasteiger partial charge on any atom is -0.508 e. The maximum atomic E-state index is 12.3. The number of ether oxygens (including phenoxy) is 2. The van der Waals surface area contributed by atoms with Crippen LogP contribution < -0.4 is 4.74 Å². The first-order valence-corrected chi connectivity index (χ1v) is 8.87. The maximum absolute atomic E-state index is 12.3. The average molecular weight is 360 g/mol. The van der Waals surface area contributed by atoms with Crippen LogP contribution >= 0.6 is 0 Å². The second kappa shape index (κ2) is 10.3. The molecule has 26 heavy (non-hydrogen) atoms. The molecule has 0 saturated heterocycles. The van der Waals surface area contributed by atoms with Crippen molar-refractivity contribution in [3.05, 3.63) is 47.9 Å². The molecular formula is C20H24O6. The number of unbranched alkanes of at least 4 members (excludes halogenated alkanes) is 5. The van der Waals surface area contributed by atoms with Crippen LogP contribution in [0.2, 0.25) is 0 Å². The molecule has 1 aromatic carbocycles. The normalized spacial score (nSPS) is 10.5. The van der Waals surface area contributed by atoms with Gasteiger partial charge in [0.15, 0.2) is 0 Å². The number of furan rings is 1. The van der Waals surface area contributed by atoms with Gasteiger partial charge >= 0.3 is 11.9 Å². The van der Waals surface area contributed by atoms with Crippen LogP contribution in [0, 0.1) is 0 Å². The molecule has 6 nitrogen and oxygen atoms in total. The minimum absolute atomic E-state index is 0.00381. The van der Waals surface area contributed by atoms with Crippen LogP contribution in [-0.4, -0.2) is 23.7 Å². The number of carbonyl (C=O) groups excluding carboxylic acids is 2. The van der Waals surface area contributed by atoms with E-state index in [1.54, 1.807) is 6.07 Å². The number of phenols is 1. The molecule has 2 rings (SSSR count). The summed E-state index contributed by atoms with van der Waals surface area (Å²) in [6.45, 7) is 2.44. The quantitative estimate of drug-likeness (QED) is 0.375. The summed E-state index contributed by atoms with van der Waals surface area (Å²) in [7, 11) is 0. The number of benzene rings is 1.